The minimum absolute atomic E-state index is 0.0177. The summed E-state index contributed by atoms with van der Waals surface area (Å²) in [6.07, 6.45) is 1.90. The number of carbonyl (C=O) groups is 2. The summed E-state index contributed by atoms with van der Waals surface area (Å²) >= 11 is 0. The van der Waals surface area contributed by atoms with Crippen LogP contribution in [-0.2, 0) is 4.79 Å². The molecule has 1 saturated carbocycles. The van der Waals surface area contributed by atoms with E-state index in [4.69, 9.17) is 0 Å². The van der Waals surface area contributed by atoms with Crippen molar-refractivity contribution in [3.63, 3.8) is 0 Å². The second-order valence-corrected chi connectivity index (χ2v) is 5.31. The average Bonchev–Trinajstić information content (AvgIpc) is 3.35. The highest BCUT2D eigenvalue weighted by molar-refractivity contribution is 6.05. The maximum absolute atomic E-state index is 12.1. The van der Waals surface area contributed by atoms with Crippen LogP contribution in [0.15, 0.2) is 48.5 Å². The number of para-hydroxylation sites is 2. The summed E-state index contributed by atoms with van der Waals surface area (Å²) in [6.45, 7) is 0. The summed E-state index contributed by atoms with van der Waals surface area (Å²) in [5.74, 6) is -0.124. The monoisotopic (exact) mass is 296 g/mol. The molecule has 2 aromatic rings. The number of hydrogen-bond acceptors (Lipinski definition) is 3. The van der Waals surface area contributed by atoms with Gasteiger partial charge in [-0.2, -0.15) is 0 Å². The van der Waals surface area contributed by atoms with Crippen LogP contribution < -0.4 is 10.6 Å². The molecule has 3 rings (SSSR count). The highest BCUT2D eigenvalue weighted by atomic mass is 16.3. The topological polar surface area (TPSA) is 78.4 Å². The number of amides is 2. The third kappa shape index (κ3) is 3.25. The number of hydrogen-bond donors (Lipinski definition) is 3. The first-order valence-corrected chi connectivity index (χ1v) is 7.14. The van der Waals surface area contributed by atoms with Crippen molar-refractivity contribution >= 4 is 23.2 Å². The smallest absolute Gasteiger partial charge is 0.255 e. The molecule has 0 radical (unpaired) electrons. The molecule has 0 bridgehead atoms. The number of anilines is 2. The van der Waals surface area contributed by atoms with Gasteiger partial charge in [-0.3, -0.25) is 9.59 Å². The molecule has 22 heavy (non-hydrogen) atoms. The SMILES string of the molecule is O=C(Nc1ccccc1O)c1ccc(NC(=O)C2CC2)cc1. The Labute approximate surface area is 128 Å². The summed E-state index contributed by atoms with van der Waals surface area (Å²) in [7, 11) is 0. The Balaban J connectivity index is 1.65. The van der Waals surface area contributed by atoms with Gasteiger partial charge in [0.15, 0.2) is 0 Å². The van der Waals surface area contributed by atoms with Crippen LogP contribution in [0.25, 0.3) is 0 Å². The molecular weight excluding hydrogens is 280 g/mol. The number of carbonyl (C=O) groups excluding carboxylic acids is 2. The molecule has 2 aromatic carbocycles. The minimum atomic E-state index is -0.318. The zero-order chi connectivity index (χ0) is 15.5. The summed E-state index contributed by atoms with van der Waals surface area (Å²) in [5, 5.41) is 15.1. The van der Waals surface area contributed by atoms with E-state index in [1.54, 1.807) is 42.5 Å². The van der Waals surface area contributed by atoms with Gasteiger partial charge in [-0.15, -0.1) is 0 Å². The third-order valence-electron chi connectivity index (χ3n) is 3.52. The van der Waals surface area contributed by atoms with Gasteiger partial charge < -0.3 is 15.7 Å². The quantitative estimate of drug-likeness (QED) is 0.759. The molecule has 0 aliphatic heterocycles. The van der Waals surface area contributed by atoms with Crippen LogP contribution in [0, 0.1) is 5.92 Å². The molecule has 5 heteroatoms. The molecule has 112 valence electrons. The number of phenols is 1. The number of nitrogens with one attached hydrogen (secondary N) is 2. The van der Waals surface area contributed by atoms with Gasteiger partial charge >= 0.3 is 0 Å². The first kappa shape index (κ1) is 14.1. The van der Waals surface area contributed by atoms with Gasteiger partial charge in [-0.05, 0) is 49.2 Å². The van der Waals surface area contributed by atoms with E-state index in [-0.39, 0.29) is 23.5 Å². The standard InChI is InChI=1S/C17H16N2O3/c20-15-4-2-1-3-14(15)19-17(22)12-7-9-13(10-8-12)18-16(21)11-5-6-11/h1-4,7-11,20H,5-6H2,(H,18,21)(H,19,22). The maximum atomic E-state index is 12.1. The fourth-order valence-electron chi connectivity index (χ4n) is 2.07. The van der Waals surface area contributed by atoms with Crippen molar-refractivity contribution in [2.45, 2.75) is 12.8 Å². The number of rotatable bonds is 4. The zero-order valence-corrected chi connectivity index (χ0v) is 11.9. The van der Waals surface area contributed by atoms with Crippen LogP contribution >= 0.6 is 0 Å². The molecule has 1 aliphatic rings. The first-order valence-electron chi connectivity index (χ1n) is 7.14. The number of aromatic hydroxyl groups is 1. The Bertz CT molecular complexity index is 706. The predicted octanol–water partition coefficient (Wildman–Crippen LogP) is 2.99. The lowest BCUT2D eigenvalue weighted by Crippen LogP contribution is -2.14. The molecule has 0 heterocycles. The predicted molar refractivity (Wildman–Crippen MR) is 83.9 cm³/mol. The Morgan fingerprint density at radius 2 is 1.64 bits per heavy atom. The second-order valence-electron chi connectivity index (χ2n) is 5.31. The van der Waals surface area contributed by atoms with Gasteiger partial charge in [0.25, 0.3) is 5.91 Å². The van der Waals surface area contributed by atoms with Crippen LogP contribution in [0.2, 0.25) is 0 Å². The fourth-order valence-corrected chi connectivity index (χ4v) is 2.07. The summed E-state index contributed by atoms with van der Waals surface area (Å²) in [6, 6.07) is 13.2. The zero-order valence-electron chi connectivity index (χ0n) is 11.9. The molecule has 3 N–H and O–H groups in total. The van der Waals surface area contributed by atoms with E-state index < -0.39 is 0 Å². The Morgan fingerprint density at radius 1 is 0.955 bits per heavy atom. The summed E-state index contributed by atoms with van der Waals surface area (Å²) in [5.41, 5.74) is 1.49. The molecule has 0 unspecified atom stereocenters. The molecule has 0 saturated heterocycles. The average molecular weight is 296 g/mol. The minimum Gasteiger partial charge on any atom is -0.506 e. The van der Waals surface area contributed by atoms with Crippen molar-refractivity contribution in [1.29, 1.82) is 0 Å². The van der Waals surface area contributed by atoms with Gasteiger partial charge in [0.05, 0.1) is 5.69 Å². The molecule has 0 spiro atoms. The van der Waals surface area contributed by atoms with Crippen molar-refractivity contribution in [2.24, 2.45) is 5.92 Å². The van der Waals surface area contributed by atoms with Crippen molar-refractivity contribution in [3.8, 4) is 5.75 Å². The maximum Gasteiger partial charge on any atom is 0.255 e. The molecule has 1 aliphatic carbocycles. The van der Waals surface area contributed by atoms with E-state index in [0.29, 0.717) is 16.9 Å². The molecule has 2 amide bonds. The second kappa shape index (κ2) is 5.89. The molecule has 0 aromatic heterocycles. The Kier molecular flexibility index (Phi) is 3.78. The van der Waals surface area contributed by atoms with E-state index in [0.717, 1.165) is 12.8 Å². The van der Waals surface area contributed by atoms with E-state index in [9.17, 15) is 14.7 Å². The largest absolute Gasteiger partial charge is 0.506 e. The van der Waals surface area contributed by atoms with Crippen molar-refractivity contribution in [3.05, 3.63) is 54.1 Å². The lowest BCUT2D eigenvalue weighted by molar-refractivity contribution is -0.117. The van der Waals surface area contributed by atoms with Crippen LogP contribution in [-0.4, -0.2) is 16.9 Å². The summed E-state index contributed by atoms with van der Waals surface area (Å²) < 4.78 is 0. The third-order valence-corrected chi connectivity index (χ3v) is 3.52. The van der Waals surface area contributed by atoms with Gasteiger partial charge in [0.2, 0.25) is 5.91 Å². The van der Waals surface area contributed by atoms with Crippen LogP contribution in [0.1, 0.15) is 23.2 Å². The van der Waals surface area contributed by atoms with Gasteiger partial charge in [0.1, 0.15) is 5.75 Å². The molecule has 0 atom stereocenters. The Morgan fingerprint density at radius 3 is 2.27 bits per heavy atom. The van der Waals surface area contributed by atoms with E-state index in [1.165, 1.54) is 6.07 Å². The summed E-state index contributed by atoms with van der Waals surface area (Å²) in [4.78, 5) is 23.8. The highest BCUT2D eigenvalue weighted by Crippen LogP contribution is 2.30. The first-order chi connectivity index (χ1) is 10.6. The van der Waals surface area contributed by atoms with Gasteiger partial charge in [-0.1, -0.05) is 12.1 Å². The van der Waals surface area contributed by atoms with Crippen molar-refractivity contribution < 1.29 is 14.7 Å². The van der Waals surface area contributed by atoms with Crippen molar-refractivity contribution in [1.82, 2.24) is 0 Å². The molecule has 1 fully saturated rings. The number of benzene rings is 2. The fraction of sp³-hybridized carbons (Fsp3) is 0.176. The van der Waals surface area contributed by atoms with E-state index >= 15 is 0 Å². The van der Waals surface area contributed by atoms with Crippen molar-refractivity contribution in [2.75, 3.05) is 10.6 Å². The van der Waals surface area contributed by atoms with Crippen LogP contribution in [0.5, 0.6) is 5.75 Å². The van der Waals surface area contributed by atoms with E-state index in [1.807, 2.05) is 0 Å². The molecular formula is C17H16N2O3. The van der Waals surface area contributed by atoms with Gasteiger partial charge in [-0.25, -0.2) is 0 Å². The normalized spacial score (nSPS) is 13.5. The Hall–Kier alpha value is -2.82. The highest BCUT2D eigenvalue weighted by Gasteiger charge is 2.29. The van der Waals surface area contributed by atoms with Crippen LogP contribution in [0.4, 0.5) is 11.4 Å². The number of phenolic OH excluding ortho intramolecular Hbond substituents is 1. The van der Waals surface area contributed by atoms with E-state index in [2.05, 4.69) is 10.6 Å². The molecule has 5 nitrogen and oxygen atoms in total. The lowest BCUT2D eigenvalue weighted by atomic mass is 10.2. The van der Waals surface area contributed by atoms with Gasteiger partial charge in [0, 0.05) is 17.2 Å². The van der Waals surface area contributed by atoms with Crippen LogP contribution in [0.3, 0.4) is 0 Å². The lowest BCUT2D eigenvalue weighted by Gasteiger charge is -2.08.